The van der Waals surface area contributed by atoms with Crippen LogP contribution in [0.4, 0.5) is 19.1 Å². The molecule has 0 amide bonds. The van der Waals surface area contributed by atoms with Crippen molar-refractivity contribution in [3.63, 3.8) is 0 Å². The standard InChI is InChI=1S/C15H18BrF3N4O/c16-12-8-23(9-1-3-10(24)4-2-9)13-11(12)7-21-14(22-13)20-6-5-15(17,18)19/h7-10,24H,1-6H2,(H,20,21,22). The van der Waals surface area contributed by atoms with Crippen LogP contribution < -0.4 is 5.32 Å². The van der Waals surface area contributed by atoms with E-state index in [4.69, 9.17) is 0 Å². The lowest BCUT2D eigenvalue weighted by Gasteiger charge is -2.27. The molecule has 0 unspecified atom stereocenters. The van der Waals surface area contributed by atoms with Gasteiger partial charge in [-0.2, -0.15) is 18.2 Å². The Labute approximate surface area is 145 Å². The van der Waals surface area contributed by atoms with E-state index in [1.807, 2.05) is 10.8 Å². The van der Waals surface area contributed by atoms with Gasteiger partial charge in [0.05, 0.1) is 17.9 Å². The highest BCUT2D eigenvalue weighted by Gasteiger charge is 2.26. The summed E-state index contributed by atoms with van der Waals surface area (Å²) >= 11 is 3.48. The number of halogens is 4. The van der Waals surface area contributed by atoms with Gasteiger partial charge in [-0.15, -0.1) is 0 Å². The number of fused-ring (bicyclic) bond motifs is 1. The summed E-state index contributed by atoms with van der Waals surface area (Å²) in [6.07, 6.45) is 1.32. The molecule has 0 spiro atoms. The van der Waals surface area contributed by atoms with Crippen molar-refractivity contribution in [2.24, 2.45) is 0 Å². The molecule has 132 valence electrons. The Morgan fingerprint density at radius 3 is 2.67 bits per heavy atom. The number of anilines is 1. The number of rotatable bonds is 4. The molecule has 0 aromatic carbocycles. The van der Waals surface area contributed by atoms with Gasteiger partial charge in [-0.3, -0.25) is 0 Å². The minimum Gasteiger partial charge on any atom is -0.393 e. The highest BCUT2D eigenvalue weighted by atomic mass is 79.9. The van der Waals surface area contributed by atoms with E-state index in [1.54, 1.807) is 6.20 Å². The lowest BCUT2D eigenvalue weighted by atomic mass is 9.93. The molecule has 2 heterocycles. The third-order valence-electron chi connectivity index (χ3n) is 4.27. The average molecular weight is 407 g/mol. The number of hydrogen-bond acceptors (Lipinski definition) is 4. The molecule has 24 heavy (non-hydrogen) atoms. The van der Waals surface area contributed by atoms with Gasteiger partial charge in [-0.05, 0) is 41.6 Å². The average Bonchev–Trinajstić information content (AvgIpc) is 2.83. The maximum Gasteiger partial charge on any atom is 0.390 e. The van der Waals surface area contributed by atoms with E-state index in [-0.39, 0.29) is 24.6 Å². The second-order valence-electron chi connectivity index (χ2n) is 6.07. The normalized spacial score (nSPS) is 22.0. The molecule has 0 atom stereocenters. The van der Waals surface area contributed by atoms with Gasteiger partial charge in [0.1, 0.15) is 5.65 Å². The smallest absolute Gasteiger partial charge is 0.390 e. The second-order valence-corrected chi connectivity index (χ2v) is 6.92. The molecule has 1 aliphatic carbocycles. The Hall–Kier alpha value is -1.35. The molecule has 2 aromatic heterocycles. The highest BCUT2D eigenvalue weighted by molar-refractivity contribution is 9.10. The van der Waals surface area contributed by atoms with Crippen LogP contribution in [0, 0.1) is 0 Å². The van der Waals surface area contributed by atoms with E-state index in [1.165, 1.54) is 0 Å². The monoisotopic (exact) mass is 406 g/mol. The third kappa shape index (κ3) is 4.00. The van der Waals surface area contributed by atoms with E-state index in [0.29, 0.717) is 5.65 Å². The van der Waals surface area contributed by atoms with Gasteiger partial charge in [-0.1, -0.05) is 0 Å². The van der Waals surface area contributed by atoms with Gasteiger partial charge in [0.15, 0.2) is 0 Å². The van der Waals surface area contributed by atoms with Gasteiger partial charge >= 0.3 is 6.18 Å². The Morgan fingerprint density at radius 1 is 1.29 bits per heavy atom. The van der Waals surface area contributed by atoms with Crippen molar-refractivity contribution >= 4 is 32.9 Å². The topological polar surface area (TPSA) is 63.0 Å². The first-order valence-corrected chi connectivity index (χ1v) is 8.64. The fourth-order valence-electron chi connectivity index (χ4n) is 3.01. The summed E-state index contributed by atoms with van der Waals surface area (Å²) in [4.78, 5) is 8.48. The predicted octanol–water partition coefficient (Wildman–Crippen LogP) is 4.03. The van der Waals surface area contributed by atoms with Crippen LogP contribution >= 0.6 is 15.9 Å². The molecule has 3 rings (SSSR count). The van der Waals surface area contributed by atoms with Crippen LogP contribution in [-0.4, -0.2) is 38.5 Å². The number of alkyl halides is 3. The molecule has 2 N–H and O–H groups in total. The van der Waals surface area contributed by atoms with Gasteiger partial charge in [-0.25, -0.2) is 4.98 Å². The van der Waals surface area contributed by atoms with Crippen molar-refractivity contribution in [3.05, 3.63) is 16.9 Å². The zero-order valence-electron chi connectivity index (χ0n) is 12.9. The van der Waals surface area contributed by atoms with Crippen molar-refractivity contribution in [3.8, 4) is 0 Å². The van der Waals surface area contributed by atoms with Crippen molar-refractivity contribution in [2.75, 3.05) is 11.9 Å². The van der Waals surface area contributed by atoms with Crippen molar-refractivity contribution in [2.45, 2.75) is 50.4 Å². The summed E-state index contributed by atoms with van der Waals surface area (Å²) in [7, 11) is 0. The third-order valence-corrected chi connectivity index (χ3v) is 4.91. The Balaban J connectivity index is 1.81. The molecular weight excluding hydrogens is 389 g/mol. The molecule has 0 aliphatic heterocycles. The molecule has 5 nitrogen and oxygen atoms in total. The number of hydrogen-bond donors (Lipinski definition) is 2. The van der Waals surface area contributed by atoms with Crippen LogP contribution in [0.5, 0.6) is 0 Å². The number of nitrogens with one attached hydrogen (secondary N) is 1. The minimum absolute atomic E-state index is 0.189. The first kappa shape index (κ1) is 17.5. The lowest BCUT2D eigenvalue weighted by Crippen LogP contribution is -2.21. The first-order chi connectivity index (χ1) is 11.3. The van der Waals surface area contributed by atoms with E-state index in [0.717, 1.165) is 35.5 Å². The van der Waals surface area contributed by atoms with Crippen LogP contribution in [0.15, 0.2) is 16.9 Å². The molecule has 1 aliphatic rings. The summed E-state index contributed by atoms with van der Waals surface area (Å²) < 4.78 is 39.6. The summed E-state index contributed by atoms with van der Waals surface area (Å²) in [5, 5.41) is 13.1. The maximum absolute atomic E-state index is 12.2. The van der Waals surface area contributed by atoms with E-state index >= 15 is 0 Å². The number of aliphatic hydroxyl groups is 1. The largest absolute Gasteiger partial charge is 0.393 e. The zero-order valence-corrected chi connectivity index (χ0v) is 14.4. The van der Waals surface area contributed by atoms with Crippen LogP contribution in [-0.2, 0) is 0 Å². The molecule has 0 saturated heterocycles. The molecule has 0 bridgehead atoms. The Bertz CT molecular complexity index is 711. The van der Waals surface area contributed by atoms with Crippen molar-refractivity contribution < 1.29 is 18.3 Å². The lowest BCUT2D eigenvalue weighted by molar-refractivity contribution is -0.131. The van der Waals surface area contributed by atoms with Crippen molar-refractivity contribution in [1.82, 2.24) is 14.5 Å². The highest BCUT2D eigenvalue weighted by Crippen LogP contribution is 2.34. The van der Waals surface area contributed by atoms with Gasteiger partial charge in [0, 0.05) is 29.5 Å². The summed E-state index contributed by atoms with van der Waals surface area (Å²) in [5.41, 5.74) is 0.688. The van der Waals surface area contributed by atoms with Gasteiger partial charge < -0.3 is 15.0 Å². The summed E-state index contributed by atoms with van der Waals surface area (Å²) in [6, 6.07) is 0.222. The summed E-state index contributed by atoms with van der Waals surface area (Å²) in [5.74, 6) is 0.189. The van der Waals surface area contributed by atoms with Crippen LogP contribution in [0.25, 0.3) is 11.0 Å². The quantitative estimate of drug-likeness (QED) is 0.804. The van der Waals surface area contributed by atoms with Crippen LogP contribution in [0.2, 0.25) is 0 Å². The number of nitrogens with zero attached hydrogens (tertiary/aromatic N) is 3. The maximum atomic E-state index is 12.2. The zero-order chi connectivity index (χ0) is 17.3. The molecule has 9 heteroatoms. The van der Waals surface area contributed by atoms with Crippen LogP contribution in [0.3, 0.4) is 0 Å². The molecule has 0 radical (unpaired) electrons. The molecule has 1 fully saturated rings. The van der Waals surface area contributed by atoms with Crippen LogP contribution in [0.1, 0.15) is 38.1 Å². The van der Waals surface area contributed by atoms with Gasteiger partial charge in [0.2, 0.25) is 5.95 Å². The fourth-order valence-corrected chi connectivity index (χ4v) is 3.51. The second kappa shape index (κ2) is 6.87. The minimum atomic E-state index is -4.21. The SMILES string of the molecule is OC1CCC(n2cc(Br)c3cnc(NCCC(F)(F)F)nc32)CC1. The molecule has 1 saturated carbocycles. The Morgan fingerprint density at radius 2 is 2.00 bits per heavy atom. The number of aromatic nitrogens is 3. The predicted molar refractivity (Wildman–Crippen MR) is 87.9 cm³/mol. The fraction of sp³-hybridized carbons (Fsp3) is 0.600. The first-order valence-electron chi connectivity index (χ1n) is 7.85. The van der Waals surface area contributed by atoms with E-state index in [2.05, 4.69) is 31.2 Å². The van der Waals surface area contributed by atoms with E-state index in [9.17, 15) is 18.3 Å². The molecular formula is C15H18BrF3N4O. The van der Waals surface area contributed by atoms with E-state index < -0.39 is 12.6 Å². The molecule has 2 aromatic rings. The Kier molecular flexibility index (Phi) is 5.00. The van der Waals surface area contributed by atoms with Crippen molar-refractivity contribution in [1.29, 1.82) is 0 Å². The number of aliphatic hydroxyl groups excluding tert-OH is 1. The summed E-state index contributed by atoms with van der Waals surface area (Å²) in [6.45, 7) is -0.257. The van der Waals surface area contributed by atoms with Gasteiger partial charge in [0.25, 0.3) is 0 Å².